The first kappa shape index (κ1) is 20.5. The van der Waals surface area contributed by atoms with Gasteiger partial charge in [-0.1, -0.05) is 42.5 Å². The molecule has 2 amide bonds. The number of fused-ring (bicyclic) bond motifs is 1. The molecule has 160 valence electrons. The van der Waals surface area contributed by atoms with Crippen molar-refractivity contribution in [3.8, 4) is 11.5 Å². The number of rotatable bonds is 4. The molecule has 0 aromatic heterocycles. The average molecular weight is 492 g/mol. The van der Waals surface area contributed by atoms with Crippen LogP contribution in [-0.2, 0) is 19.8 Å². The number of amides is 2. The highest BCUT2D eigenvalue weighted by Crippen LogP contribution is 2.54. The lowest BCUT2D eigenvalue weighted by Crippen LogP contribution is -2.46. The zero-order valence-electron chi connectivity index (χ0n) is 17.1. The minimum atomic E-state index is -1.42. The number of esters is 1. The highest BCUT2D eigenvalue weighted by molar-refractivity contribution is 9.10. The largest absolute Gasteiger partial charge is 0.497 e. The number of carbonyl (C=O) groups excluding carboxylic acids is 3. The maximum atomic E-state index is 13.7. The van der Waals surface area contributed by atoms with Crippen molar-refractivity contribution in [2.24, 2.45) is 5.92 Å². The molecule has 3 aromatic rings. The summed E-state index contributed by atoms with van der Waals surface area (Å²) in [5.41, 5.74) is 0.205. The van der Waals surface area contributed by atoms with Crippen molar-refractivity contribution in [1.29, 1.82) is 0 Å². The van der Waals surface area contributed by atoms with Gasteiger partial charge < -0.3 is 9.47 Å². The zero-order chi connectivity index (χ0) is 22.5. The predicted octanol–water partition coefficient (Wildman–Crippen LogP) is 4.24. The van der Waals surface area contributed by atoms with E-state index in [1.165, 1.54) is 0 Å². The standard InChI is InChI=1S/C25H18BrNO5/c1-31-17-12-10-16(11-13-17)27-21(28)14-19(23(27)29)25(15-6-3-2-4-7-15)18-8-5-9-20(26)22(18)32-24(25)30/h2-13,19H,14H2,1H3/t19-,25+/m1/s1. The third-order valence-corrected chi connectivity index (χ3v) is 6.76. The van der Waals surface area contributed by atoms with Crippen LogP contribution in [0.5, 0.6) is 11.5 Å². The van der Waals surface area contributed by atoms with Gasteiger partial charge in [0.2, 0.25) is 11.8 Å². The molecule has 6 nitrogen and oxygen atoms in total. The van der Waals surface area contributed by atoms with E-state index in [4.69, 9.17) is 9.47 Å². The molecule has 2 aliphatic rings. The molecule has 0 N–H and O–H groups in total. The number of anilines is 1. The Morgan fingerprint density at radius 2 is 1.69 bits per heavy atom. The van der Waals surface area contributed by atoms with E-state index >= 15 is 0 Å². The van der Waals surface area contributed by atoms with Gasteiger partial charge in [-0.05, 0) is 51.8 Å². The molecule has 0 saturated carbocycles. The lowest BCUT2D eigenvalue weighted by molar-refractivity contribution is -0.141. The molecule has 2 atom stereocenters. The molecule has 3 aromatic carbocycles. The van der Waals surface area contributed by atoms with E-state index in [2.05, 4.69) is 15.9 Å². The molecular weight excluding hydrogens is 474 g/mol. The molecule has 1 saturated heterocycles. The van der Waals surface area contributed by atoms with Gasteiger partial charge in [0.1, 0.15) is 16.9 Å². The lowest BCUT2D eigenvalue weighted by atomic mass is 9.66. The Hall–Kier alpha value is -3.45. The number of nitrogens with zero attached hydrogens (tertiary/aromatic N) is 1. The highest BCUT2D eigenvalue weighted by Gasteiger charge is 2.62. The van der Waals surface area contributed by atoms with Crippen molar-refractivity contribution < 1.29 is 23.9 Å². The number of benzene rings is 3. The Bertz CT molecular complexity index is 1240. The van der Waals surface area contributed by atoms with Crippen molar-refractivity contribution in [1.82, 2.24) is 0 Å². The summed E-state index contributed by atoms with van der Waals surface area (Å²) in [6.45, 7) is 0. The number of para-hydroxylation sites is 1. The van der Waals surface area contributed by atoms with Gasteiger partial charge in [-0.2, -0.15) is 0 Å². The summed E-state index contributed by atoms with van der Waals surface area (Å²) in [6, 6.07) is 21.1. The summed E-state index contributed by atoms with van der Waals surface area (Å²) in [4.78, 5) is 41.5. The first-order chi connectivity index (χ1) is 15.5. The summed E-state index contributed by atoms with van der Waals surface area (Å²) in [6.07, 6.45) is -0.110. The quantitative estimate of drug-likeness (QED) is 0.310. The van der Waals surface area contributed by atoms with Crippen molar-refractivity contribution in [3.05, 3.63) is 88.4 Å². The number of ether oxygens (including phenoxy) is 2. The fourth-order valence-electron chi connectivity index (χ4n) is 4.68. The predicted molar refractivity (Wildman–Crippen MR) is 121 cm³/mol. The zero-order valence-corrected chi connectivity index (χ0v) is 18.7. The number of carbonyl (C=O) groups is 3. The minimum absolute atomic E-state index is 0.110. The molecule has 0 aliphatic carbocycles. The van der Waals surface area contributed by atoms with Gasteiger partial charge in [0.15, 0.2) is 0 Å². The summed E-state index contributed by atoms with van der Waals surface area (Å²) in [5, 5.41) is 0. The Labute approximate surface area is 192 Å². The van der Waals surface area contributed by atoms with E-state index < -0.39 is 23.2 Å². The number of imide groups is 1. The molecule has 32 heavy (non-hydrogen) atoms. The molecule has 0 unspecified atom stereocenters. The van der Waals surface area contributed by atoms with Crippen molar-refractivity contribution >= 4 is 39.4 Å². The van der Waals surface area contributed by atoms with Crippen molar-refractivity contribution in [2.75, 3.05) is 12.0 Å². The SMILES string of the molecule is COc1ccc(N2C(=O)C[C@@H]([C@@]3(c4ccccc4)C(=O)Oc4c(Br)cccc43)C2=O)cc1. The molecule has 2 heterocycles. The molecular formula is C25H18BrNO5. The average Bonchev–Trinajstić information content (AvgIpc) is 3.28. The highest BCUT2D eigenvalue weighted by atomic mass is 79.9. The topological polar surface area (TPSA) is 72.9 Å². The fourth-order valence-corrected chi connectivity index (χ4v) is 5.13. The van der Waals surface area contributed by atoms with Crippen molar-refractivity contribution in [3.63, 3.8) is 0 Å². The molecule has 0 bridgehead atoms. The van der Waals surface area contributed by atoms with Gasteiger partial charge in [0, 0.05) is 12.0 Å². The number of hydrogen-bond donors (Lipinski definition) is 0. The van der Waals surface area contributed by atoms with Crippen LogP contribution in [0, 0.1) is 5.92 Å². The second-order valence-electron chi connectivity index (χ2n) is 7.70. The first-order valence-electron chi connectivity index (χ1n) is 10.1. The minimum Gasteiger partial charge on any atom is -0.497 e. The Morgan fingerprint density at radius 1 is 0.969 bits per heavy atom. The van der Waals surface area contributed by atoms with Gasteiger partial charge in [0.05, 0.1) is 23.2 Å². The number of hydrogen-bond acceptors (Lipinski definition) is 5. The molecule has 1 fully saturated rings. The van der Waals surface area contributed by atoms with Gasteiger partial charge >= 0.3 is 5.97 Å². The molecule has 0 spiro atoms. The normalized spacial score (nSPS) is 22.1. The van der Waals surface area contributed by atoms with Gasteiger partial charge in [0.25, 0.3) is 0 Å². The van der Waals surface area contributed by atoms with Crippen LogP contribution in [0.2, 0.25) is 0 Å². The van der Waals surface area contributed by atoms with Crippen LogP contribution >= 0.6 is 15.9 Å². The summed E-state index contributed by atoms with van der Waals surface area (Å²) < 4.78 is 11.5. The molecule has 2 aliphatic heterocycles. The van der Waals surface area contributed by atoms with Crippen LogP contribution in [-0.4, -0.2) is 24.9 Å². The van der Waals surface area contributed by atoms with Gasteiger partial charge in [-0.25, -0.2) is 0 Å². The van der Waals surface area contributed by atoms with E-state index in [1.807, 2.05) is 18.2 Å². The third kappa shape index (κ3) is 2.81. The second kappa shape index (κ2) is 7.60. The number of methoxy groups -OCH3 is 1. The smallest absolute Gasteiger partial charge is 0.327 e. The molecule has 0 radical (unpaired) electrons. The van der Waals surface area contributed by atoms with E-state index in [0.29, 0.717) is 32.8 Å². The maximum Gasteiger partial charge on any atom is 0.327 e. The van der Waals surface area contributed by atoms with E-state index in [-0.39, 0.29) is 12.3 Å². The summed E-state index contributed by atoms with van der Waals surface area (Å²) >= 11 is 3.45. The van der Waals surface area contributed by atoms with Crippen LogP contribution in [0.4, 0.5) is 5.69 Å². The van der Waals surface area contributed by atoms with E-state index in [1.54, 1.807) is 61.7 Å². The van der Waals surface area contributed by atoms with E-state index in [0.717, 1.165) is 4.90 Å². The molecule has 5 rings (SSSR count). The van der Waals surface area contributed by atoms with Crippen LogP contribution in [0.1, 0.15) is 17.5 Å². The summed E-state index contributed by atoms with van der Waals surface area (Å²) in [7, 11) is 1.54. The third-order valence-electron chi connectivity index (χ3n) is 6.14. The number of halogens is 1. The molecule has 7 heteroatoms. The van der Waals surface area contributed by atoms with Gasteiger partial charge in [-0.15, -0.1) is 0 Å². The van der Waals surface area contributed by atoms with E-state index in [9.17, 15) is 14.4 Å². The monoisotopic (exact) mass is 491 g/mol. The lowest BCUT2D eigenvalue weighted by Gasteiger charge is -2.31. The first-order valence-corrected chi connectivity index (χ1v) is 10.9. The maximum absolute atomic E-state index is 13.7. The Morgan fingerprint density at radius 3 is 2.38 bits per heavy atom. The van der Waals surface area contributed by atoms with Crippen LogP contribution in [0.15, 0.2) is 77.3 Å². The Kier molecular flexibility index (Phi) is 4.86. The van der Waals surface area contributed by atoms with Gasteiger partial charge in [-0.3, -0.25) is 19.3 Å². The summed E-state index contributed by atoms with van der Waals surface area (Å²) in [5.74, 6) is -1.31. The second-order valence-corrected chi connectivity index (χ2v) is 8.56. The Balaban J connectivity index is 1.68. The fraction of sp³-hybridized carbons (Fsp3) is 0.160. The van der Waals surface area contributed by atoms with Crippen LogP contribution in [0.3, 0.4) is 0 Å². The van der Waals surface area contributed by atoms with Crippen molar-refractivity contribution in [2.45, 2.75) is 11.8 Å². The van der Waals surface area contributed by atoms with Crippen LogP contribution < -0.4 is 14.4 Å². The van der Waals surface area contributed by atoms with Crippen LogP contribution in [0.25, 0.3) is 0 Å².